The van der Waals surface area contributed by atoms with Crippen molar-refractivity contribution in [1.29, 1.82) is 5.26 Å². The average Bonchev–Trinajstić information content (AvgIpc) is 2.89. The molecule has 0 bridgehead atoms. The highest BCUT2D eigenvalue weighted by atomic mass is 35.5. The van der Waals surface area contributed by atoms with Crippen LogP contribution in [0, 0.1) is 11.3 Å². The normalized spacial score (nSPS) is 10.5. The zero-order valence-electron chi connectivity index (χ0n) is 17.5. The molecule has 0 aliphatic carbocycles. The lowest BCUT2D eigenvalue weighted by atomic mass is 9.90. The fraction of sp³-hybridized carbons (Fsp3) is 0. The highest BCUT2D eigenvalue weighted by molar-refractivity contribution is 6.28. The van der Waals surface area contributed by atoms with Gasteiger partial charge in [-0.2, -0.15) is 15.2 Å². The number of halogens is 1. The maximum Gasteiger partial charge on any atom is 0.226 e. The van der Waals surface area contributed by atoms with E-state index in [0.29, 0.717) is 17.2 Å². The predicted molar refractivity (Wildman–Crippen MR) is 131 cm³/mol. The van der Waals surface area contributed by atoms with Crippen molar-refractivity contribution in [2.45, 2.75) is 0 Å². The van der Waals surface area contributed by atoms with Crippen LogP contribution in [-0.4, -0.2) is 15.0 Å². The lowest BCUT2D eigenvalue weighted by molar-refractivity contribution is 1.07. The van der Waals surface area contributed by atoms with Gasteiger partial charge in [-0.3, -0.25) is 0 Å². The van der Waals surface area contributed by atoms with Gasteiger partial charge in [-0.1, -0.05) is 91.0 Å². The largest absolute Gasteiger partial charge is 0.226 e. The Kier molecular flexibility index (Phi) is 5.63. The number of aromatic nitrogens is 3. The summed E-state index contributed by atoms with van der Waals surface area (Å²) in [5.41, 5.74) is 5.71. The topological polar surface area (TPSA) is 62.5 Å². The van der Waals surface area contributed by atoms with E-state index in [1.165, 1.54) is 0 Å². The minimum Gasteiger partial charge on any atom is -0.208 e. The Morgan fingerprint density at radius 2 is 0.970 bits per heavy atom. The summed E-state index contributed by atoms with van der Waals surface area (Å²) in [7, 11) is 0. The van der Waals surface area contributed by atoms with E-state index in [0.717, 1.165) is 33.4 Å². The van der Waals surface area contributed by atoms with E-state index < -0.39 is 0 Å². The van der Waals surface area contributed by atoms with Crippen LogP contribution in [0.1, 0.15) is 5.56 Å². The second-order valence-corrected chi connectivity index (χ2v) is 7.75. The van der Waals surface area contributed by atoms with E-state index in [4.69, 9.17) is 16.6 Å². The van der Waals surface area contributed by atoms with E-state index in [1.54, 1.807) is 0 Å². The standard InChI is InChI=1S/C28H17ClN4/c29-28-32-26(21-14-8-3-9-15-21)31-27(33-28)22-16-23(19-10-4-1-5-11-19)25(18-30)24(17-22)20-12-6-2-7-13-20/h1-17H. The molecule has 0 amide bonds. The van der Waals surface area contributed by atoms with Crippen molar-refractivity contribution in [2.24, 2.45) is 0 Å². The maximum atomic E-state index is 10.1. The van der Waals surface area contributed by atoms with Crippen LogP contribution < -0.4 is 0 Å². The first-order valence-electron chi connectivity index (χ1n) is 10.4. The van der Waals surface area contributed by atoms with Gasteiger partial charge in [0.05, 0.1) is 5.56 Å². The number of nitriles is 1. The van der Waals surface area contributed by atoms with Gasteiger partial charge in [-0.15, -0.1) is 0 Å². The van der Waals surface area contributed by atoms with Gasteiger partial charge in [0.15, 0.2) is 11.6 Å². The van der Waals surface area contributed by atoms with Crippen LogP contribution in [0.25, 0.3) is 45.0 Å². The number of hydrogen-bond acceptors (Lipinski definition) is 4. The van der Waals surface area contributed by atoms with Gasteiger partial charge in [-0.25, -0.2) is 4.98 Å². The van der Waals surface area contributed by atoms with Gasteiger partial charge >= 0.3 is 0 Å². The molecule has 0 atom stereocenters. The van der Waals surface area contributed by atoms with Crippen LogP contribution in [0.5, 0.6) is 0 Å². The molecule has 4 nitrogen and oxygen atoms in total. The summed E-state index contributed by atoms with van der Waals surface area (Å²) in [4.78, 5) is 13.4. The van der Waals surface area contributed by atoms with Gasteiger partial charge in [-0.05, 0) is 34.9 Å². The molecule has 0 saturated carbocycles. The highest BCUT2D eigenvalue weighted by Crippen LogP contribution is 2.36. The van der Waals surface area contributed by atoms with Crippen LogP contribution in [0.15, 0.2) is 103 Å². The van der Waals surface area contributed by atoms with Crippen molar-refractivity contribution in [3.8, 4) is 51.1 Å². The first-order chi connectivity index (χ1) is 16.2. The Balaban J connectivity index is 1.77. The van der Waals surface area contributed by atoms with Crippen LogP contribution >= 0.6 is 11.6 Å². The maximum absolute atomic E-state index is 10.1. The molecular formula is C28H17ClN4. The van der Waals surface area contributed by atoms with Gasteiger partial charge in [0.1, 0.15) is 6.07 Å². The molecule has 0 unspecified atom stereocenters. The molecule has 156 valence electrons. The van der Waals surface area contributed by atoms with Gasteiger partial charge in [0.2, 0.25) is 5.28 Å². The Labute approximate surface area is 196 Å². The Morgan fingerprint density at radius 3 is 1.42 bits per heavy atom. The van der Waals surface area contributed by atoms with Crippen molar-refractivity contribution in [2.75, 3.05) is 0 Å². The van der Waals surface area contributed by atoms with Crippen molar-refractivity contribution in [3.05, 3.63) is 114 Å². The third kappa shape index (κ3) is 4.23. The summed E-state index contributed by atoms with van der Waals surface area (Å²) >= 11 is 6.31. The average molecular weight is 445 g/mol. The molecular weight excluding hydrogens is 428 g/mol. The van der Waals surface area contributed by atoms with Crippen LogP contribution in [0.2, 0.25) is 5.28 Å². The third-order valence-corrected chi connectivity index (χ3v) is 5.49. The first-order valence-corrected chi connectivity index (χ1v) is 10.8. The molecule has 1 aromatic heterocycles. The number of rotatable bonds is 4. The molecule has 0 saturated heterocycles. The van der Waals surface area contributed by atoms with E-state index in [2.05, 4.69) is 16.0 Å². The second kappa shape index (κ2) is 9.04. The number of nitrogens with zero attached hydrogens (tertiary/aromatic N) is 4. The molecule has 5 heteroatoms. The summed E-state index contributed by atoms with van der Waals surface area (Å²) in [6.45, 7) is 0. The fourth-order valence-corrected chi connectivity index (χ4v) is 3.94. The molecule has 0 fully saturated rings. The minimum absolute atomic E-state index is 0.116. The molecule has 5 rings (SSSR count). The predicted octanol–water partition coefficient (Wildman–Crippen LogP) is 7.06. The molecule has 5 aromatic rings. The Bertz CT molecular complexity index is 1400. The van der Waals surface area contributed by atoms with Crippen molar-refractivity contribution >= 4 is 11.6 Å². The molecule has 0 aliphatic heterocycles. The van der Waals surface area contributed by atoms with Crippen LogP contribution in [-0.2, 0) is 0 Å². The van der Waals surface area contributed by atoms with Crippen LogP contribution in [0.3, 0.4) is 0 Å². The monoisotopic (exact) mass is 444 g/mol. The smallest absolute Gasteiger partial charge is 0.208 e. The summed E-state index contributed by atoms with van der Waals surface area (Å²) < 4.78 is 0. The summed E-state index contributed by atoms with van der Waals surface area (Å²) in [6, 6.07) is 35.6. The van der Waals surface area contributed by atoms with Crippen molar-refractivity contribution in [1.82, 2.24) is 15.0 Å². The number of benzene rings is 4. The Morgan fingerprint density at radius 1 is 0.545 bits per heavy atom. The quantitative estimate of drug-likeness (QED) is 0.297. The van der Waals surface area contributed by atoms with Gasteiger partial charge in [0, 0.05) is 22.3 Å². The fourth-order valence-electron chi connectivity index (χ4n) is 3.78. The van der Waals surface area contributed by atoms with Crippen LogP contribution in [0.4, 0.5) is 0 Å². The lowest BCUT2D eigenvalue weighted by Gasteiger charge is -2.14. The molecule has 0 N–H and O–H groups in total. The second-order valence-electron chi connectivity index (χ2n) is 7.41. The lowest BCUT2D eigenvalue weighted by Crippen LogP contribution is -1.99. The number of hydrogen-bond donors (Lipinski definition) is 0. The van der Waals surface area contributed by atoms with Crippen molar-refractivity contribution < 1.29 is 0 Å². The molecule has 0 aliphatic rings. The zero-order valence-corrected chi connectivity index (χ0v) is 18.2. The molecule has 4 aromatic carbocycles. The minimum atomic E-state index is 0.116. The highest BCUT2D eigenvalue weighted by Gasteiger charge is 2.17. The van der Waals surface area contributed by atoms with E-state index in [1.807, 2.05) is 103 Å². The molecule has 33 heavy (non-hydrogen) atoms. The summed E-state index contributed by atoms with van der Waals surface area (Å²) in [5, 5.41) is 10.2. The van der Waals surface area contributed by atoms with E-state index in [-0.39, 0.29) is 5.28 Å². The van der Waals surface area contributed by atoms with Gasteiger partial charge in [0.25, 0.3) is 0 Å². The summed E-state index contributed by atoms with van der Waals surface area (Å²) in [6.07, 6.45) is 0. The van der Waals surface area contributed by atoms with E-state index >= 15 is 0 Å². The van der Waals surface area contributed by atoms with E-state index in [9.17, 15) is 5.26 Å². The SMILES string of the molecule is N#Cc1c(-c2ccccc2)cc(-c2nc(Cl)nc(-c3ccccc3)n2)cc1-c1ccccc1. The Hall–Kier alpha value is -4.33. The van der Waals surface area contributed by atoms with Gasteiger partial charge < -0.3 is 0 Å². The summed E-state index contributed by atoms with van der Waals surface area (Å²) in [5.74, 6) is 0.949. The molecule has 0 radical (unpaired) electrons. The zero-order chi connectivity index (χ0) is 22.6. The first kappa shape index (κ1) is 20.6. The molecule has 0 spiro atoms. The van der Waals surface area contributed by atoms with Crippen molar-refractivity contribution in [3.63, 3.8) is 0 Å². The third-order valence-electron chi connectivity index (χ3n) is 5.32. The molecule has 1 heterocycles.